The summed E-state index contributed by atoms with van der Waals surface area (Å²) in [4.78, 5) is 13.0. The molecule has 0 aromatic heterocycles. The van der Waals surface area contributed by atoms with Crippen LogP contribution in [0.4, 0.5) is 0 Å². The highest BCUT2D eigenvalue weighted by Crippen LogP contribution is 2.37. The van der Waals surface area contributed by atoms with E-state index in [0.29, 0.717) is 5.78 Å². The number of thioether (sulfide) groups is 1. The molecule has 0 bridgehead atoms. The molecule has 2 aliphatic rings. The van der Waals surface area contributed by atoms with Crippen molar-refractivity contribution in [3.05, 3.63) is 35.4 Å². The topological polar surface area (TPSA) is 17.1 Å². The average molecular weight is 401 g/mol. The van der Waals surface area contributed by atoms with Crippen LogP contribution in [-0.4, -0.2) is 17.3 Å². The fraction of sp³-hybridized carbons (Fsp3) is 0.731. The van der Waals surface area contributed by atoms with Gasteiger partial charge in [-0.3, -0.25) is 4.79 Å². The van der Waals surface area contributed by atoms with Crippen LogP contribution in [0.2, 0.25) is 0 Å². The van der Waals surface area contributed by atoms with E-state index in [9.17, 15) is 4.79 Å². The largest absolute Gasteiger partial charge is 0.294 e. The summed E-state index contributed by atoms with van der Waals surface area (Å²) in [6.45, 7) is 4.77. The summed E-state index contributed by atoms with van der Waals surface area (Å²) in [5.41, 5.74) is 2.40. The van der Waals surface area contributed by atoms with E-state index < -0.39 is 0 Å². The Kier molecular flexibility index (Phi) is 8.51. The van der Waals surface area contributed by atoms with Gasteiger partial charge in [0.25, 0.3) is 0 Å². The standard InChI is InChI=1S/C26H40OS/c1-19(9-10-20(2)28-3)21-11-15-24(16-12-21)26(27)25-17-13-23(14-18-25)22-7-5-4-6-8-22/h13-14,17-22,24H,4-12,15-16H2,1-3H3. The Morgan fingerprint density at radius 1 is 0.929 bits per heavy atom. The molecule has 2 aliphatic carbocycles. The number of hydrogen-bond acceptors (Lipinski definition) is 2. The highest BCUT2D eigenvalue weighted by molar-refractivity contribution is 7.99. The Bertz CT molecular complexity index is 593. The number of carbonyl (C=O) groups is 1. The van der Waals surface area contributed by atoms with E-state index in [4.69, 9.17) is 0 Å². The van der Waals surface area contributed by atoms with Gasteiger partial charge in [0.2, 0.25) is 0 Å². The molecule has 1 aromatic carbocycles. The van der Waals surface area contributed by atoms with Crippen molar-refractivity contribution < 1.29 is 4.79 Å². The Hall–Kier alpha value is -0.760. The first kappa shape index (κ1) is 21.9. The second-order valence-electron chi connectivity index (χ2n) is 9.53. The molecule has 2 fully saturated rings. The summed E-state index contributed by atoms with van der Waals surface area (Å²) >= 11 is 1.98. The first-order chi connectivity index (χ1) is 13.6. The maximum Gasteiger partial charge on any atom is 0.165 e. The van der Waals surface area contributed by atoms with E-state index in [1.807, 2.05) is 11.8 Å². The third kappa shape index (κ3) is 5.88. The molecule has 2 saturated carbocycles. The van der Waals surface area contributed by atoms with Crippen LogP contribution < -0.4 is 0 Å². The van der Waals surface area contributed by atoms with Gasteiger partial charge < -0.3 is 0 Å². The molecule has 0 N–H and O–H groups in total. The molecule has 0 amide bonds. The third-order valence-electron chi connectivity index (χ3n) is 7.65. The predicted octanol–water partition coefficient (Wildman–Crippen LogP) is 7.89. The first-order valence-corrected chi connectivity index (χ1v) is 13.0. The Morgan fingerprint density at radius 3 is 2.18 bits per heavy atom. The minimum Gasteiger partial charge on any atom is -0.294 e. The first-order valence-electron chi connectivity index (χ1n) is 11.8. The Balaban J connectivity index is 1.48. The van der Waals surface area contributed by atoms with E-state index in [0.717, 1.165) is 41.4 Å². The zero-order valence-corrected chi connectivity index (χ0v) is 19.1. The molecular formula is C26H40OS. The summed E-state index contributed by atoms with van der Waals surface area (Å²) < 4.78 is 0. The predicted molar refractivity (Wildman–Crippen MR) is 123 cm³/mol. The molecule has 1 nitrogen and oxygen atoms in total. The minimum atomic E-state index is 0.258. The van der Waals surface area contributed by atoms with Gasteiger partial charge in [-0.15, -0.1) is 0 Å². The van der Waals surface area contributed by atoms with Crippen LogP contribution in [0.3, 0.4) is 0 Å². The van der Waals surface area contributed by atoms with Gasteiger partial charge in [0.1, 0.15) is 0 Å². The Labute approximate surface area is 177 Å². The van der Waals surface area contributed by atoms with Gasteiger partial charge in [-0.25, -0.2) is 0 Å². The number of Topliss-reactive ketones (excluding diaryl/α,β-unsaturated/α-hetero) is 1. The number of benzene rings is 1. The van der Waals surface area contributed by atoms with Crippen molar-refractivity contribution in [2.24, 2.45) is 17.8 Å². The van der Waals surface area contributed by atoms with Crippen LogP contribution in [0, 0.1) is 17.8 Å². The highest BCUT2D eigenvalue weighted by Gasteiger charge is 2.29. The quantitative estimate of drug-likeness (QED) is 0.413. The van der Waals surface area contributed by atoms with Gasteiger partial charge in [0.05, 0.1) is 0 Å². The van der Waals surface area contributed by atoms with E-state index in [1.165, 1.54) is 63.4 Å². The van der Waals surface area contributed by atoms with Crippen molar-refractivity contribution in [1.82, 2.24) is 0 Å². The lowest BCUT2D eigenvalue weighted by atomic mass is 9.73. The molecule has 0 saturated heterocycles. The number of carbonyl (C=O) groups excluding carboxylic acids is 1. The van der Waals surface area contributed by atoms with Crippen molar-refractivity contribution in [3.8, 4) is 0 Å². The van der Waals surface area contributed by atoms with E-state index in [-0.39, 0.29) is 5.92 Å². The lowest BCUT2D eigenvalue weighted by Gasteiger charge is -2.32. The van der Waals surface area contributed by atoms with Gasteiger partial charge in [0.15, 0.2) is 5.78 Å². The fourth-order valence-electron chi connectivity index (χ4n) is 5.39. The lowest BCUT2D eigenvalue weighted by Crippen LogP contribution is -2.25. The average Bonchev–Trinajstić information content (AvgIpc) is 2.77. The van der Waals surface area contributed by atoms with Crippen LogP contribution in [-0.2, 0) is 0 Å². The normalized spacial score (nSPS) is 26.0. The molecule has 0 radical (unpaired) electrons. The lowest BCUT2D eigenvalue weighted by molar-refractivity contribution is 0.0853. The molecule has 156 valence electrons. The highest BCUT2D eigenvalue weighted by atomic mass is 32.2. The summed E-state index contributed by atoms with van der Waals surface area (Å²) in [5, 5.41) is 0.775. The van der Waals surface area contributed by atoms with Crippen LogP contribution >= 0.6 is 11.8 Å². The fourth-order valence-corrected chi connectivity index (χ4v) is 5.76. The molecule has 1 aromatic rings. The van der Waals surface area contributed by atoms with Crippen LogP contribution in [0.5, 0.6) is 0 Å². The van der Waals surface area contributed by atoms with E-state index in [1.54, 1.807) is 0 Å². The number of ketones is 1. The van der Waals surface area contributed by atoms with Crippen LogP contribution in [0.25, 0.3) is 0 Å². The molecule has 2 atom stereocenters. The molecule has 0 spiro atoms. The van der Waals surface area contributed by atoms with Gasteiger partial charge in [-0.2, -0.15) is 11.8 Å². The van der Waals surface area contributed by atoms with Crippen LogP contribution in [0.15, 0.2) is 24.3 Å². The summed E-state index contributed by atoms with van der Waals surface area (Å²) in [7, 11) is 0. The molecule has 0 aliphatic heterocycles. The van der Waals surface area contributed by atoms with Crippen molar-refractivity contribution in [3.63, 3.8) is 0 Å². The second-order valence-corrected chi connectivity index (χ2v) is 10.8. The third-order valence-corrected chi connectivity index (χ3v) is 8.69. The van der Waals surface area contributed by atoms with Gasteiger partial charge in [-0.05, 0) is 80.9 Å². The minimum absolute atomic E-state index is 0.258. The van der Waals surface area contributed by atoms with Crippen molar-refractivity contribution in [2.45, 2.75) is 95.6 Å². The molecule has 28 heavy (non-hydrogen) atoms. The molecule has 0 heterocycles. The maximum absolute atomic E-state index is 13.0. The smallest absolute Gasteiger partial charge is 0.165 e. The number of hydrogen-bond donors (Lipinski definition) is 0. The zero-order valence-electron chi connectivity index (χ0n) is 18.3. The maximum atomic E-state index is 13.0. The van der Waals surface area contributed by atoms with Gasteiger partial charge >= 0.3 is 0 Å². The Morgan fingerprint density at radius 2 is 1.57 bits per heavy atom. The number of rotatable bonds is 8. The molecular weight excluding hydrogens is 360 g/mol. The van der Waals surface area contributed by atoms with E-state index >= 15 is 0 Å². The molecule has 3 rings (SSSR count). The molecule has 2 unspecified atom stereocenters. The van der Waals surface area contributed by atoms with Crippen molar-refractivity contribution >= 4 is 17.5 Å². The van der Waals surface area contributed by atoms with Crippen molar-refractivity contribution in [2.75, 3.05) is 6.26 Å². The summed E-state index contributed by atoms with van der Waals surface area (Å²) in [5.74, 6) is 3.02. The SMILES string of the molecule is CSC(C)CCC(C)C1CCC(C(=O)c2ccc(C3CCCCC3)cc2)CC1. The van der Waals surface area contributed by atoms with E-state index in [2.05, 4.69) is 44.4 Å². The van der Waals surface area contributed by atoms with Gasteiger partial charge in [0, 0.05) is 16.7 Å². The van der Waals surface area contributed by atoms with Crippen LogP contribution in [0.1, 0.15) is 106 Å². The molecule has 2 heteroatoms. The van der Waals surface area contributed by atoms with Crippen molar-refractivity contribution in [1.29, 1.82) is 0 Å². The summed E-state index contributed by atoms with van der Waals surface area (Å²) in [6.07, 6.45) is 16.3. The second kappa shape index (κ2) is 10.9. The zero-order chi connectivity index (χ0) is 19.9. The van der Waals surface area contributed by atoms with Gasteiger partial charge in [-0.1, -0.05) is 57.4 Å². The summed E-state index contributed by atoms with van der Waals surface area (Å²) in [6, 6.07) is 8.71. The monoisotopic (exact) mass is 400 g/mol.